The van der Waals surface area contributed by atoms with Gasteiger partial charge in [-0.2, -0.15) is 0 Å². The first-order valence-electron chi connectivity index (χ1n) is 6.86. The van der Waals surface area contributed by atoms with Gasteiger partial charge in [-0.1, -0.05) is 5.16 Å². The highest BCUT2D eigenvalue weighted by Crippen LogP contribution is 2.32. The first-order chi connectivity index (χ1) is 9.69. The Bertz CT molecular complexity index is 558. The van der Waals surface area contributed by atoms with E-state index in [1.807, 2.05) is 20.8 Å². The number of nitrogens with zero attached hydrogens (tertiary/aromatic N) is 2. The van der Waals surface area contributed by atoms with Gasteiger partial charge in [0, 0.05) is 24.6 Å². The van der Waals surface area contributed by atoms with E-state index >= 15 is 0 Å². The highest BCUT2D eigenvalue weighted by Gasteiger charge is 2.35. The molecule has 0 bridgehead atoms. The number of likely N-dealkylation sites (tertiary alicyclic amines) is 1. The SMILES string of the molecule is Cc1noc(C(=O)O)c1C1CCN(C(=O)OC(C)(C)C)C1. The van der Waals surface area contributed by atoms with Gasteiger partial charge in [0.1, 0.15) is 5.60 Å². The lowest BCUT2D eigenvalue weighted by molar-refractivity contribution is 0.0292. The number of carboxylic acids is 1. The summed E-state index contributed by atoms with van der Waals surface area (Å²) < 4.78 is 10.2. The van der Waals surface area contributed by atoms with Crippen molar-refractivity contribution in [2.75, 3.05) is 13.1 Å². The van der Waals surface area contributed by atoms with Gasteiger partial charge in [-0.3, -0.25) is 0 Å². The molecule has 1 unspecified atom stereocenters. The molecule has 1 aliphatic heterocycles. The van der Waals surface area contributed by atoms with Crippen LogP contribution < -0.4 is 0 Å². The van der Waals surface area contributed by atoms with Gasteiger partial charge in [0.05, 0.1) is 5.69 Å². The molecule has 1 N–H and O–H groups in total. The number of amides is 1. The average molecular weight is 296 g/mol. The minimum atomic E-state index is -1.14. The molecule has 0 spiro atoms. The molecule has 7 nitrogen and oxygen atoms in total. The normalized spacial score (nSPS) is 18.9. The summed E-state index contributed by atoms with van der Waals surface area (Å²) in [6, 6.07) is 0. The summed E-state index contributed by atoms with van der Waals surface area (Å²) in [5.41, 5.74) is 0.589. The summed E-state index contributed by atoms with van der Waals surface area (Å²) in [5, 5.41) is 12.8. The Hall–Kier alpha value is -2.05. The Morgan fingerprint density at radius 2 is 2.10 bits per heavy atom. The lowest BCUT2D eigenvalue weighted by Crippen LogP contribution is -2.35. The molecular weight excluding hydrogens is 276 g/mol. The van der Waals surface area contributed by atoms with Crippen LogP contribution in [0.5, 0.6) is 0 Å². The van der Waals surface area contributed by atoms with Gasteiger partial charge in [0.2, 0.25) is 5.76 Å². The predicted molar refractivity (Wildman–Crippen MR) is 73.4 cm³/mol. The number of aromatic nitrogens is 1. The molecule has 1 aromatic heterocycles. The molecule has 1 saturated heterocycles. The second-order valence-electron chi connectivity index (χ2n) is 6.23. The summed E-state index contributed by atoms with van der Waals surface area (Å²) >= 11 is 0. The molecular formula is C14H20N2O5. The number of rotatable bonds is 2. The molecule has 0 radical (unpaired) electrons. The van der Waals surface area contributed by atoms with Crippen LogP contribution in [0.15, 0.2) is 4.52 Å². The summed E-state index contributed by atoms with van der Waals surface area (Å²) in [6.45, 7) is 8.09. The Morgan fingerprint density at radius 3 is 2.67 bits per heavy atom. The van der Waals surface area contributed by atoms with Gasteiger partial charge in [-0.15, -0.1) is 0 Å². The van der Waals surface area contributed by atoms with Crippen LogP contribution in [0.25, 0.3) is 0 Å². The zero-order valence-electron chi connectivity index (χ0n) is 12.7. The van der Waals surface area contributed by atoms with Gasteiger partial charge in [0.15, 0.2) is 0 Å². The van der Waals surface area contributed by atoms with Crippen molar-refractivity contribution in [3.63, 3.8) is 0 Å². The van der Waals surface area contributed by atoms with E-state index in [9.17, 15) is 9.59 Å². The zero-order valence-corrected chi connectivity index (χ0v) is 12.7. The number of carboxylic acid groups (broad SMARTS) is 1. The second kappa shape index (κ2) is 5.38. The van der Waals surface area contributed by atoms with Crippen molar-refractivity contribution in [2.24, 2.45) is 0 Å². The van der Waals surface area contributed by atoms with Crippen LogP contribution in [0.2, 0.25) is 0 Å². The number of carbonyl (C=O) groups excluding carboxylic acids is 1. The second-order valence-corrected chi connectivity index (χ2v) is 6.23. The molecule has 0 saturated carbocycles. The smallest absolute Gasteiger partial charge is 0.410 e. The molecule has 0 aliphatic carbocycles. The van der Waals surface area contributed by atoms with E-state index in [2.05, 4.69) is 5.16 Å². The number of ether oxygens (including phenoxy) is 1. The maximum absolute atomic E-state index is 12.0. The van der Waals surface area contributed by atoms with Gasteiger partial charge in [0.25, 0.3) is 0 Å². The lowest BCUT2D eigenvalue weighted by Gasteiger charge is -2.24. The van der Waals surface area contributed by atoms with E-state index < -0.39 is 11.6 Å². The predicted octanol–water partition coefficient (Wildman–Crippen LogP) is 2.41. The largest absolute Gasteiger partial charge is 0.475 e. The van der Waals surface area contributed by atoms with Gasteiger partial charge < -0.3 is 19.3 Å². The number of carbonyl (C=O) groups is 2. The van der Waals surface area contributed by atoms with Crippen LogP contribution in [0, 0.1) is 6.92 Å². The standard InChI is InChI=1S/C14H20N2O5/c1-8-10(11(12(17)18)21-15-8)9-5-6-16(7-9)13(19)20-14(2,3)4/h9H,5-7H2,1-4H3,(H,17,18). The van der Waals surface area contributed by atoms with Crippen LogP contribution in [0.3, 0.4) is 0 Å². The summed E-state index contributed by atoms with van der Waals surface area (Å²) in [6.07, 6.45) is 0.290. The molecule has 1 aliphatic rings. The van der Waals surface area contributed by atoms with Crippen LogP contribution in [-0.2, 0) is 4.74 Å². The van der Waals surface area contributed by atoms with Crippen molar-refractivity contribution in [3.05, 3.63) is 17.0 Å². The van der Waals surface area contributed by atoms with Crippen molar-refractivity contribution in [1.82, 2.24) is 10.1 Å². The van der Waals surface area contributed by atoms with E-state index in [1.165, 1.54) is 0 Å². The average Bonchev–Trinajstić information content (AvgIpc) is 2.92. The van der Waals surface area contributed by atoms with Gasteiger partial charge in [-0.25, -0.2) is 9.59 Å². The van der Waals surface area contributed by atoms with Crippen LogP contribution >= 0.6 is 0 Å². The fourth-order valence-corrected chi connectivity index (χ4v) is 2.50. The maximum Gasteiger partial charge on any atom is 0.410 e. The summed E-state index contributed by atoms with van der Waals surface area (Å²) in [5.74, 6) is -1.36. The van der Waals surface area contributed by atoms with Crippen LogP contribution in [0.4, 0.5) is 4.79 Å². The Kier molecular flexibility index (Phi) is 3.93. The minimum absolute atomic E-state index is 0.0881. The molecule has 21 heavy (non-hydrogen) atoms. The fourth-order valence-electron chi connectivity index (χ4n) is 2.50. The van der Waals surface area contributed by atoms with Crippen LogP contribution in [0.1, 0.15) is 54.9 Å². The van der Waals surface area contributed by atoms with Gasteiger partial charge in [-0.05, 0) is 34.1 Å². The van der Waals surface area contributed by atoms with Crippen LogP contribution in [-0.4, -0.2) is 45.9 Å². The van der Waals surface area contributed by atoms with E-state index in [0.717, 1.165) is 0 Å². The fraction of sp³-hybridized carbons (Fsp3) is 0.643. The third kappa shape index (κ3) is 3.34. The lowest BCUT2D eigenvalue weighted by atomic mass is 9.96. The summed E-state index contributed by atoms with van der Waals surface area (Å²) in [4.78, 5) is 24.8. The number of aryl methyl sites for hydroxylation is 1. The first kappa shape index (κ1) is 15.3. The highest BCUT2D eigenvalue weighted by atomic mass is 16.6. The molecule has 1 aromatic rings. The van der Waals surface area contributed by atoms with Crippen molar-refractivity contribution in [1.29, 1.82) is 0 Å². The Morgan fingerprint density at radius 1 is 1.43 bits per heavy atom. The summed E-state index contributed by atoms with van der Waals surface area (Å²) in [7, 11) is 0. The zero-order chi connectivity index (χ0) is 15.8. The monoisotopic (exact) mass is 296 g/mol. The van der Waals surface area contributed by atoms with E-state index in [-0.39, 0.29) is 17.8 Å². The number of hydrogen-bond acceptors (Lipinski definition) is 5. The molecule has 2 heterocycles. The third-order valence-corrected chi connectivity index (χ3v) is 3.35. The third-order valence-electron chi connectivity index (χ3n) is 3.35. The first-order valence-corrected chi connectivity index (χ1v) is 6.86. The number of hydrogen-bond donors (Lipinski definition) is 1. The van der Waals surface area contributed by atoms with Crippen molar-refractivity contribution in [3.8, 4) is 0 Å². The molecule has 0 aromatic carbocycles. The highest BCUT2D eigenvalue weighted by molar-refractivity contribution is 5.86. The van der Waals surface area contributed by atoms with Crippen molar-refractivity contribution >= 4 is 12.1 Å². The Balaban J connectivity index is 2.11. The molecule has 1 fully saturated rings. The molecule has 1 atom stereocenters. The molecule has 116 valence electrons. The number of aromatic carboxylic acids is 1. The van der Waals surface area contributed by atoms with E-state index in [0.29, 0.717) is 30.8 Å². The topological polar surface area (TPSA) is 92.9 Å². The maximum atomic E-state index is 12.0. The van der Waals surface area contributed by atoms with Crippen molar-refractivity contribution < 1.29 is 24.0 Å². The Labute approximate surface area is 122 Å². The van der Waals surface area contributed by atoms with E-state index in [4.69, 9.17) is 14.4 Å². The molecule has 2 rings (SSSR count). The minimum Gasteiger partial charge on any atom is -0.475 e. The van der Waals surface area contributed by atoms with Gasteiger partial charge >= 0.3 is 12.1 Å². The molecule has 1 amide bonds. The van der Waals surface area contributed by atoms with Crippen molar-refractivity contribution in [2.45, 2.75) is 45.6 Å². The van der Waals surface area contributed by atoms with E-state index in [1.54, 1.807) is 11.8 Å². The quantitative estimate of drug-likeness (QED) is 0.900. The molecule has 7 heteroatoms.